The summed E-state index contributed by atoms with van der Waals surface area (Å²) in [5, 5.41) is 2.69. The lowest BCUT2D eigenvalue weighted by atomic mass is 10.1. The number of carbonyl (C=O) groups is 2. The van der Waals surface area contributed by atoms with Gasteiger partial charge in [0.2, 0.25) is 0 Å². The Hall–Kier alpha value is -4.84. The van der Waals surface area contributed by atoms with Crippen LogP contribution in [0.15, 0.2) is 85.1 Å². The third kappa shape index (κ3) is 7.56. The van der Waals surface area contributed by atoms with Gasteiger partial charge in [0.1, 0.15) is 11.4 Å². The Kier molecular flexibility index (Phi) is 10.3. The minimum Gasteiger partial charge on any atom is -0.494 e. The summed E-state index contributed by atoms with van der Waals surface area (Å²) in [5.41, 5.74) is 0.674. The van der Waals surface area contributed by atoms with Gasteiger partial charge in [0.15, 0.2) is 23.2 Å². The molecule has 3 aromatic rings. The van der Waals surface area contributed by atoms with Crippen molar-refractivity contribution in [3.05, 3.63) is 96.2 Å². The number of nitrogens with one attached hydrogen (secondary N) is 1. The van der Waals surface area contributed by atoms with Gasteiger partial charge in [-0.05, 0) is 92.3 Å². The van der Waals surface area contributed by atoms with Crippen molar-refractivity contribution in [2.24, 2.45) is 0 Å². The summed E-state index contributed by atoms with van der Waals surface area (Å²) in [7, 11) is 0. The van der Waals surface area contributed by atoms with E-state index in [4.69, 9.17) is 26.4 Å². The minimum absolute atomic E-state index is 0.0119. The van der Waals surface area contributed by atoms with E-state index >= 15 is 0 Å². The molecule has 0 atom stereocenters. The second-order valence-corrected chi connectivity index (χ2v) is 9.70. The van der Waals surface area contributed by atoms with Gasteiger partial charge >= 0.3 is 6.18 Å². The van der Waals surface area contributed by atoms with E-state index in [1.54, 1.807) is 54.3 Å². The number of hydrogen-bond donors (Lipinski definition) is 1. The van der Waals surface area contributed by atoms with Crippen LogP contribution in [-0.4, -0.2) is 48.2 Å². The number of benzene rings is 3. The maximum atomic E-state index is 13.4. The van der Waals surface area contributed by atoms with Gasteiger partial charge in [0.25, 0.3) is 11.8 Å². The van der Waals surface area contributed by atoms with E-state index in [1.165, 1.54) is 17.0 Å². The molecule has 3 aromatic carbocycles. The molecule has 0 saturated carbocycles. The van der Waals surface area contributed by atoms with Crippen LogP contribution in [0.1, 0.15) is 25.0 Å². The summed E-state index contributed by atoms with van der Waals surface area (Å²) in [6, 6.07) is 16.4. The first-order valence-electron chi connectivity index (χ1n) is 13.6. The Morgan fingerprint density at radius 2 is 1.70 bits per heavy atom. The van der Waals surface area contributed by atoms with Crippen LogP contribution < -0.4 is 24.4 Å². The summed E-state index contributed by atoms with van der Waals surface area (Å²) in [6.45, 7) is 7.93. The number of rotatable bonds is 12. The molecule has 1 N–H and O–H groups in total. The van der Waals surface area contributed by atoms with Crippen LogP contribution >= 0.6 is 12.2 Å². The third-order valence-corrected chi connectivity index (χ3v) is 6.65. The Morgan fingerprint density at radius 1 is 0.977 bits per heavy atom. The van der Waals surface area contributed by atoms with Gasteiger partial charge in [-0.25, -0.2) is 0 Å². The zero-order chi connectivity index (χ0) is 31.9. The molecule has 0 bridgehead atoms. The summed E-state index contributed by atoms with van der Waals surface area (Å²) < 4.78 is 55.9. The first-order chi connectivity index (χ1) is 21.0. The molecule has 1 aliphatic rings. The molecular formula is C32H30F3N3O5S. The molecule has 4 rings (SSSR count). The van der Waals surface area contributed by atoms with Crippen LogP contribution in [0.3, 0.4) is 0 Å². The lowest BCUT2D eigenvalue weighted by Gasteiger charge is -2.20. The summed E-state index contributed by atoms with van der Waals surface area (Å²) in [4.78, 5) is 29.0. The van der Waals surface area contributed by atoms with Crippen molar-refractivity contribution in [3.8, 4) is 17.2 Å². The average molecular weight is 626 g/mol. The average Bonchev–Trinajstić information content (AvgIpc) is 3.21. The zero-order valence-corrected chi connectivity index (χ0v) is 24.8. The first-order valence-corrected chi connectivity index (χ1v) is 14.0. The quantitative estimate of drug-likeness (QED) is 0.137. The van der Waals surface area contributed by atoms with Gasteiger partial charge in [0, 0.05) is 17.9 Å². The van der Waals surface area contributed by atoms with E-state index in [0.717, 1.165) is 12.1 Å². The molecular weight excluding hydrogens is 595 g/mol. The third-order valence-electron chi connectivity index (χ3n) is 6.25. The Bertz CT molecular complexity index is 1570. The molecule has 0 aromatic heterocycles. The van der Waals surface area contributed by atoms with Crippen LogP contribution in [0.4, 0.5) is 24.5 Å². The van der Waals surface area contributed by atoms with Crippen molar-refractivity contribution >= 4 is 46.6 Å². The van der Waals surface area contributed by atoms with E-state index in [0.29, 0.717) is 40.2 Å². The fraction of sp³-hybridized carbons (Fsp3) is 0.219. The zero-order valence-electron chi connectivity index (χ0n) is 24.0. The lowest BCUT2D eigenvalue weighted by molar-refractivity contribution is -0.137. The van der Waals surface area contributed by atoms with Gasteiger partial charge < -0.3 is 19.5 Å². The van der Waals surface area contributed by atoms with Crippen molar-refractivity contribution in [1.29, 1.82) is 0 Å². The van der Waals surface area contributed by atoms with Crippen molar-refractivity contribution < 1.29 is 37.0 Å². The van der Waals surface area contributed by atoms with Gasteiger partial charge in [-0.2, -0.15) is 13.2 Å². The molecule has 44 heavy (non-hydrogen) atoms. The molecule has 0 radical (unpaired) electrons. The van der Waals surface area contributed by atoms with Gasteiger partial charge in [-0.15, -0.1) is 6.58 Å². The van der Waals surface area contributed by atoms with Crippen LogP contribution in [0, 0.1) is 0 Å². The van der Waals surface area contributed by atoms with E-state index in [1.807, 2.05) is 19.1 Å². The second-order valence-electron chi connectivity index (χ2n) is 9.33. The predicted octanol–water partition coefficient (Wildman–Crippen LogP) is 6.68. The maximum Gasteiger partial charge on any atom is 0.416 e. The fourth-order valence-electron chi connectivity index (χ4n) is 4.34. The monoisotopic (exact) mass is 625 g/mol. The highest BCUT2D eigenvalue weighted by atomic mass is 32.1. The molecule has 2 amide bonds. The number of alkyl halides is 3. The molecule has 230 valence electrons. The number of carbonyl (C=O) groups excluding carboxylic acids is 2. The van der Waals surface area contributed by atoms with Crippen molar-refractivity contribution in [2.45, 2.75) is 20.0 Å². The SMILES string of the molecule is C=CCN1C(=O)/C(=C\c2ccc(OCC(=O)Nc3cccc(C(F)(F)F)c3)c(OCC)c2)N(c2ccc(OCC)cc2)C1=S. The molecule has 1 aliphatic heterocycles. The highest BCUT2D eigenvalue weighted by Gasteiger charge is 2.38. The largest absolute Gasteiger partial charge is 0.494 e. The number of nitrogens with zero attached hydrogens (tertiary/aromatic N) is 2. The van der Waals surface area contributed by atoms with Crippen LogP contribution in [-0.2, 0) is 15.8 Å². The van der Waals surface area contributed by atoms with E-state index < -0.39 is 24.3 Å². The summed E-state index contributed by atoms with van der Waals surface area (Å²) in [5.74, 6) is 0.252. The van der Waals surface area contributed by atoms with Gasteiger partial charge in [0.05, 0.1) is 18.8 Å². The summed E-state index contributed by atoms with van der Waals surface area (Å²) >= 11 is 5.66. The van der Waals surface area contributed by atoms with Crippen molar-refractivity contribution in [1.82, 2.24) is 4.90 Å². The Morgan fingerprint density at radius 3 is 2.36 bits per heavy atom. The van der Waals surface area contributed by atoms with Crippen LogP contribution in [0.5, 0.6) is 17.2 Å². The molecule has 1 saturated heterocycles. The number of ether oxygens (including phenoxy) is 3. The Balaban J connectivity index is 1.56. The van der Waals surface area contributed by atoms with Crippen LogP contribution in [0.25, 0.3) is 6.08 Å². The molecule has 0 aliphatic carbocycles. The number of hydrogen-bond acceptors (Lipinski definition) is 6. The van der Waals surface area contributed by atoms with E-state index in [-0.39, 0.29) is 30.5 Å². The second kappa shape index (κ2) is 14.1. The number of halogens is 3. The number of thiocarbonyl (C=S) groups is 1. The molecule has 8 nitrogen and oxygen atoms in total. The van der Waals surface area contributed by atoms with Crippen molar-refractivity contribution in [3.63, 3.8) is 0 Å². The summed E-state index contributed by atoms with van der Waals surface area (Å²) in [6.07, 6.45) is -1.28. The van der Waals surface area contributed by atoms with Crippen molar-refractivity contribution in [2.75, 3.05) is 36.6 Å². The smallest absolute Gasteiger partial charge is 0.416 e. The fourth-order valence-corrected chi connectivity index (χ4v) is 4.70. The van der Waals surface area contributed by atoms with Gasteiger partial charge in [-0.1, -0.05) is 18.2 Å². The molecule has 12 heteroatoms. The van der Waals surface area contributed by atoms with Gasteiger partial charge in [-0.3, -0.25) is 19.4 Å². The topological polar surface area (TPSA) is 80.3 Å². The normalized spacial score (nSPS) is 14.2. The molecule has 0 spiro atoms. The molecule has 1 fully saturated rings. The number of anilines is 2. The highest BCUT2D eigenvalue weighted by molar-refractivity contribution is 7.80. The maximum absolute atomic E-state index is 13.4. The molecule has 1 heterocycles. The van der Waals surface area contributed by atoms with E-state index in [9.17, 15) is 22.8 Å². The number of amides is 2. The first kappa shape index (κ1) is 32.1. The standard InChI is InChI=1S/C32H30F3N3O5S/c1-4-16-37-30(40)26(38(31(37)44)24-11-13-25(14-12-24)41-5-2)17-21-10-15-27(28(18-21)42-6-3)43-20-29(39)36-23-9-7-8-22(19-23)32(33,34)35/h4,7-15,17-19H,1,5-6,16,20H2,2-3H3,(H,36,39)/b26-17+. The Labute approximate surface area is 258 Å². The minimum atomic E-state index is -4.54. The predicted molar refractivity (Wildman–Crippen MR) is 166 cm³/mol. The molecule has 0 unspecified atom stereocenters. The lowest BCUT2D eigenvalue weighted by Crippen LogP contribution is -2.32. The van der Waals surface area contributed by atoms with E-state index in [2.05, 4.69) is 11.9 Å². The van der Waals surface area contributed by atoms with Crippen LogP contribution in [0.2, 0.25) is 0 Å². The highest BCUT2D eigenvalue weighted by Crippen LogP contribution is 2.34.